The van der Waals surface area contributed by atoms with Crippen LogP contribution < -0.4 is 5.73 Å². The molecule has 3 N–H and O–H groups in total. The summed E-state index contributed by atoms with van der Waals surface area (Å²) in [5, 5.41) is 12.7. The van der Waals surface area contributed by atoms with Gasteiger partial charge in [-0.2, -0.15) is 5.10 Å². The summed E-state index contributed by atoms with van der Waals surface area (Å²) in [6.07, 6.45) is 0. The highest BCUT2D eigenvalue weighted by molar-refractivity contribution is 5.94. The highest BCUT2D eigenvalue weighted by Crippen LogP contribution is 2.23. The van der Waals surface area contributed by atoms with E-state index in [0.717, 1.165) is 0 Å². The van der Waals surface area contributed by atoms with E-state index in [-0.39, 0.29) is 17.3 Å². The standard InChI is InChI=1S/C8H13N3O2/c1-4(2)6-5(8(12)13)7(9)10-11(6)3/h4H,1-3H3,(H2,9,10)(H,12,13). The molecule has 1 aromatic heterocycles. The lowest BCUT2D eigenvalue weighted by molar-refractivity contribution is 0.0696. The van der Waals surface area contributed by atoms with Gasteiger partial charge in [-0.05, 0) is 5.92 Å². The lowest BCUT2D eigenvalue weighted by Gasteiger charge is -2.06. The maximum atomic E-state index is 10.8. The molecule has 0 saturated heterocycles. The van der Waals surface area contributed by atoms with Gasteiger partial charge in [0.15, 0.2) is 5.82 Å². The van der Waals surface area contributed by atoms with Crippen molar-refractivity contribution in [3.05, 3.63) is 11.3 Å². The monoisotopic (exact) mass is 183 g/mol. The molecule has 0 amide bonds. The van der Waals surface area contributed by atoms with Crippen molar-refractivity contribution in [3.8, 4) is 0 Å². The number of carboxylic acids is 1. The van der Waals surface area contributed by atoms with Crippen molar-refractivity contribution in [1.82, 2.24) is 9.78 Å². The van der Waals surface area contributed by atoms with Gasteiger partial charge in [-0.3, -0.25) is 4.68 Å². The highest BCUT2D eigenvalue weighted by Gasteiger charge is 2.21. The summed E-state index contributed by atoms with van der Waals surface area (Å²) in [6.45, 7) is 3.81. The number of hydrogen-bond acceptors (Lipinski definition) is 3. The number of rotatable bonds is 2. The molecule has 1 aromatic rings. The fourth-order valence-electron chi connectivity index (χ4n) is 1.44. The van der Waals surface area contributed by atoms with Crippen LogP contribution in [0.4, 0.5) is 5.82 Å². The molecule has 0 aliphatic carbocycles. The number of hydrogen-bond donors (Lipinski definition) is 2. The number of nitrogens with zero attached hydrogens (tertiary/aromatic N) is 2. The summed E-state index contributed by atoms with van der Waals surface area (Å²) in [6, 6.07) is 0. The predicted molar refractivity (Wildman–Crippen MR) is 48.7 cm³/mol. The summed E-state index contributed by atoms with van der Waals surface area (Å²) in [7, 11) is 1.69. The zero-order valence-corrected chi connectivity index (χ0v) is 7.90. The number of nitrogen functional groups attached to an aromatic ring is 1. The molecule has 5 nitrogen and oxygen atoms in total. The van der Waals surface area contributed by atoms with E-state index in [0.29, 0.717) is 5.69 Å². The molecular weight excluding hydrogens is 170 g/mol. The topological polar surface area (TPSA) is 81.1 Å². The maximum Gasteiger partial charge on any atom is 0.341 e. The van der Waals surface area contributed by atoms with Crippen molar-refractivity contribution in [2.45, 2.75) is 19.8 Å². The van der Waals surface area contributed by atoms with Crippen molar-refractivity contribution in [2.24, 2.45) is 7.05 Å². The van der Waals surface area contributed by atoms with Crippen LogP contribution in [0.5, 0.6) is 0 Å². The van der Waals surface area contributed by atoms with Crippen LogP contribution in [0.15, 0.2) is 0 Å². The number of aromatic carboxylic acids is 1. The minimum Gasteiger partial charge on any atom is -0.477 e. The second-order valence-corrected chi connectivity index (χ2v) is 3.23. The minimum absolute atomic E-state index is 0.0821. The van der Waals surface area contributed by atoms with Crippen LogP contribution in [0.3, 0.4) is 0 Å². The molecule has 0 aliphatic rings. The van der Waals surface area contributed by atoms with Crippen LogP contribution in [0, 0.1) is 0 Å². The third-order valence-electron chi connectivity index (χ3n) is 1.88. The first-order valence-corrected chi connectivity index (χ1v) is 4.00. The SMILES string of the molecule is CC(C)c1c(C(=O)O)c(N)nn1C. The fraction of sp³-hybridized carbons (Fsp3) is 0.500. The average Bonchev–Trinajstić information content (AvgIpc) is 2.24. The lowest BCUT2D eigenvalue weighted by Crippen LogP contribution is -2.07. The van der Waals surface area contributed by atoms with E-state index in [4.69, 9.17) is 10.8 Å². The Kier molecular flexibility index (Phi) is 2.27. The molecule has 13 heavy (non-hydrogen) atoms. The average molecular weight is 183 g/mol. The van der Waals surface area contributed by atoms with E-state index in [1.165, 1.54) is 4.68 Å². The van der Waals surface area contributed by atoms with Crippen molar-refractivity contribution < 1.29 is 9.90 Å². The summed E-state index contributed by atoms with van der Waals surface area (Å²) >= 11 is 0. The van der Waals surface area contributed by atoms with Gasteiger partial charge in [-0.15, -0.1) is 0 Å². The first-order chi connectivity index (χ1) is 5.95. The molecule has 0 saturated carbocycles. The quantitative estimate of drug-likeness (QED) is 0.711. The Labute approximate surface area is 76.2 Å². The van der Waals surface area contributed by atoms with Crippen LogP contribution in [0.1, 0.15) is 35.8 Å². The van der Waals surface area contributed by atoms with E-state index < -0.39 is 5.97 Å². The summed E-state index contributed by atoms with van der Waals surface area (Å²) in [5.74, 6) is -0.839. The Morgan fingerprint density at radius 3 is 2.46 bits per heavy atom. The molecule has 5 heteroatoms. The van der Waals surface area contributed by atoms with Crippen LogP contribution >= 0.6 is 0 Å². The third-order valence-corrected chi connectivity index (χ3v) is 1.88. The van der Waals surface area contributed by atoms with Crippen molar-refractivity contribution in [3.63, 3.8) is 0 Å². The normalized spacial score (nSPS) is 10.8. The minimum atomic E-state index is -1.02. The molecule has 0 unspecified atom stereocenters. The second-order valence-electron chi connectivity index (χ2n) is 3.23. The molecule has 1 rings (SSSR count). The zero-order valence-electron chi connectivity index (χ0n) is 7.90. The Bertz CT molecular complexity index is 341. The van der Waals surface area contributed by atoms with Gasteiger partial charge in [0.2, 0.25) is 0 Å². The third kappa shape index (κ3) is 1.49. The zero-order chi connectivity index (χ0) is 10.2. The number of aromatic nitrogens is 2. The Morgan fingerprint density at radius 2 is 2.15 bits per heavy atom. The molecule has 72 valence electrons. The van der Waals surface area contributed by atoms with Crippen molar-refractivity contribution >= 4 is 11.8 Å². The van der Waals surface area contributed by atoms with Crippen molar-refractivity contribution in [2.75, 3.05) is 5.73 Å². The van der Waals surface area contributed by atoms with Gasteiger partial charge in [0.1, 0.15) is 5.56 Å². The maximum absolute atomic E-state index is 10.8. The van der Waals surface area contributed by atoms with E-state index >= 15 is 0 Å². The van der Waals surface area contributed by atoms with Gasteiger partial charge in [-0.25, -0.2) is 4.79 Å². The molecule has 0 aromatic carbocycles. The van der Waals surface area contributed by atoms with E-state index in [2.05, 4.69) is 5.10 Å². The Hall–Kier alpha value is -1.52. The number of aryl methyl sites for hydroxylation is 1. The van der Waals surface area contributed by atoms with Crippen LogP contribution in [0.2, 0.25) is 0 Å². The molecule has 0 fully saturated rings. The predicted octanol–water partition coefficient (Wildman–Crippen LogP) is 0.824. The second kappa shape index (κ2) is 3.08. The largest absolute Gasteiger partial charge is 0.477 e. The summed E-state index contributed by atoms with van der Waals surface area (Å²) in [5.41, 5.74) is 6.25. The fourth-order valence-corrected chi connectivity index (χ4v) is 1.44. The van der Waals surface area contributed by atoms with Crippen LogP contribution in [0.25, 0.3) is 0 Å². The van der Waals surface area contributed by atoms with E-state index in [1.807, 2.05) is 13.8 Å². The number of carbonyl (C=O) groups is 1. The Morgan fingerprint density at radius 1 is 1.62 bits per heavy atom. The van der Waals surface area contributed by atoms with Gasteiger partial charge in [0.05, 0.1) is 5.69 Å². The molecular formula is C8H13N3O2. The number of nitrogens with two attached hydrogens (primary N) is 1. The smallest absolute Gasteiger partial charge is 0.341 e. The number of anilines is 1. The lowest BCUT2D eigenvalue weighted by atomic mass is 10.1. The van der Waals surface area contributed by atoms with Gasteiger partial charge < -0.3 is 10.8 Å². The number of carboxylic acid groups (broad SMARTS) is 1. The first kappa shape index (κ1) is 9.57. The molecule has 0 atom stereocenters. The molecule has 1 heterocycles. The van der Waals surface area contributed by atoms with Gasteiger partial charge in [0, 0.05) is 7.05 Å². The van der Waals surface area contributed by atoms with Gasteiger partial charge in [-0.1, -0.05) is 13.8 Å². The molecule has 0 radical (unpaired) electrons. The van der Waals surface area contributed by atoms with Gasteiger partial charge in [0.25, 0.3) is 0 Å². The first-order valence-electron chi connectivity index (χ1n) is 4.00. The highest BCUT2D eigenvalue weighted by atomic mass is 16.4. The van der Waals surface area contributed by atoms with Crippen molar-refractivity contribution in [1.29, 1.82) is 0 Å². The Balaban J connectivity index is 3.38. The van der Waals surface area contributed by atoms with Gasteiger partial charge >= 0.3 is 5.97 Å². The molecule has 0 spiro atoms. The van der Waals surface area contributed by atoms with E-state index in [9.17, 15) is 4.79 Å². The molecule has 0 bridgehead atoms. The summed E-state index contributed by atoms with van der Waals surface area (Å²) in [4.78, 5) is 10.8. The molecule has 0 aliphatic heterocycles. The summed E-state index contributed by atoms with van der Waals surface area (Å²) < 4.78 is 1.52. The van der Waals surface area contributed by atoms with Crippen LogP contribution in [-0.4, -0.2) is 20.9 Å². The van der Waals surface area contributed by atoms with Crippen LogP contribution in [-0.2, 0) is 7.05 Å². The van der Waals surface area contributed by atoms with E-state index in [1.54, 1.807) is 7.05 Å².